The fraction of sp³-hybridized carbons (Fsp3) is 0.130. The zero-order chi connectivity index (χ0) is 20.4. The average molecular weight is 388 g/mol. The molecular formula is C23H20N2O4. The van der Waals surface area contributed by atoms with Crippen molar-refractivity contribution in [3.63, 3.8) is 0 Å². The minimum atomic E-state index is -0.970. The predicted octanol–water partition coefficient (Wildman–Crippen LogP) is 4.47. The molecule has 29 heavy (non-hydrogen) atoms. The van der Waals surface area contributed by atoms with E-state index in [-0.39, 0.29) is 5.56 Å². The molecule has 3 aromatic carbocycles. The Morgan fingerprint density at radius 2 is 1.55 bits per heavy atom. The number of carbonyl (C=O) groups is 1. The summed E-state index contributed by atoms with van der Waals surface area (Å²) in [4.78, 5) is 16.1. The Bertz CT molecular complexity index is 1160. The first-order chi connectivity index (χ1) is 14.1. The van der Waals surface area contributed by atoms with Crippen molar-refractivity contribution < 1.29 is 19.4 Å². The highest BCUT2D eigenvalue weighted by Crippen LogP contribution is 2.28. The van der Waals surface area contributed by atoms with Gasteiger partial charge in [-0.2, -0.15) is 0 Å². The van der Waals surface area contributed by atoms with Crippen molar-refractivity contribution in [1.82, 2.24) is 9.55 Å². The lowest BCUT2D eigenvalue weighted by atomic mass is 10.1. The van der Waals surface area contributed by atoms with Crippen LogP contribution >= 0.6 is 0 Å². The number of aromatic carboxylic acids is 1. The van der Waals surface area contributed by atoms with Crippen LogP contribution in [0.2, 0.25) is 0 Å². The highest BCUT2D eigenvalue weighted by atomic mass is 16.5. The van der Waals surface area contributed by atoms with Gasteiger partial charge < -0.3 is 19.1 Å². The van der Waals surface area contributed by atoms with Gasteiger partial charge in [0.1, 0.15) is 17.3 Å². The molecule has 0 fully saturated rings. The third-order valence-corrected chi connectivity index (χ3v) is 4.84. The SMILES string of the molecule is COc1ccc(Cn2c(-c3ccc(OC)cc3)nc3cc(C(=O)O)ccc32)cc1. The number of methoxy groups -OCH3 is 2. The van der Waals surface area contributed by atoms with Gasteiger partial charge in [0.2, 0.25) is 0 Å². The van der Waals surface area contributed by atoms with Gasteiger partial charge in [0.05, 0.1) is 30.8 Å². The van der Waals surface area contributed by atoms with E-state index in [2.05, 4.69) is 4.57 Å². The summed E-state index contributed by atoms with van der Waals surface area (Å²) >= 11 is 0. The largest absolute Gasteiger partial charge is 0.497 e. The smallest absolute Gasteiger partial charge is 0.335 e. The Hall–Kier alpha value is -3.80. The summed E-state index contributed by atoms with van der Waals surface area (Å²) in [5.74, 6) is 1.36. The molecule has 0 spiro atoms. The van der Waals surface area contributed by atoms with E-state index in [4.69, 9.17) is 14.5 Å². The second-order valence-corrected chi connectivity index (χ2v) is 6.61. The molecule has 4 aromatic rings. The van der Waals surface area contributed by atoms with Crippen LogP contribution in [-0.4, -0.2) is 34.8 Å². The Kier molecular flexibility index (Phi) is 4.91. The number of carboxylic acids is 1. The average Bonchev–Trinajstić information content (AvgIpc) is 3.12. The lowest BCUT2D eigenvalue weighted by Gasteiger charge is -2.11. The number of ether oxygens (including phenoxy) is 2. The van der Waals surface area contributed by atoms with Crippen molar-refractivity contribution in [2.45, 2.75) is 6.54 Å². The zero-order valence-corrected chi connectivity index (χ0v) is 16.1. The van der Waals surface area contributed by atoms with E-state index in [0.717, 1.165) is 34.0 Å². The molecule has 146 valence electrons. The Labute approximate surface area is 168 Å². The molecule has 0 aliphatic rings. The van der Waals surface area contributed by atoms with Crippen molar-refractivity contribution in [3.8, 4) is 22.9 Å². The maximum Gasteiger partial charge on any atom is 0.335 e. The Morgan fingerprint density at radius 3 is 2.14 bits per heavy atom. The molecule has 1 N–H and O–H groups in total. The third-order valence-electron chi connectivity index (χ3n) is 4.84. The van der Waals surface area contributed by atoms with Crippen molar-refractivity contribution in [2.24, 2.45) is 0 Å². The van der Waals surface area contributed by atoms with E-state index >= 15 is 0 Å². The number of carboxylic acid groups (broad SMARTS) is 1. The van der Waals surface area contributed by atoms with Crippen LogP contribution in [0.4, 0.5) is 0 Å². The van der Waals surface area contributed by atoms with E-state index < -0.39 is 5.97 Å². The molecule has 0 saturated carbocycles. The zero-order valence-electron chi connectivity index (χ0n) is 16.1. The van der Waals surface area contributed by atoms with Gasteiger partial charge in [-0.05, 0) is 60.2 Å². The van der Waals surface area contributed by atoms with Crippen molar-refractivity contribution in [2.75, 3.05) is 14.2 Å². The van der Waals surface area contributed by atoms with Gasteiger partial charge in [-0.15, -0.1) is 0 Å². The van der Waals surface area contributed by atoms with Crippen LogP contribution in [-0.2, 0) is 6.54 Å². The quantitative estimate of drug-likeness (QED) is 0.528. The molecule has 0 radical (unpaired) electrons. The summed E-state index contributed by atoms with van der Waals surface area (Å²) in [6, 6.07) is 20.5. The standard InChI is InChI=1S/C23H20N2O4/c1-28-18-8-3-15(4-9-18)14-25-21-12-7-17(23(26)27)13-20(21)24-22(25)16-5-10-19(29-2)11-6-16/h3-13H,14H2,1-2H3,(H,26,27). The number of fused-ring (bicyclic) bond motifs is 1. The summed E-state index contributed by atoms with van der Waals surface area (Å²) in [5, 5.41) is 9.32. The molecule has 0 amide bonds. The van der Waals surface area contributed by atoms with Gasteiger partial charge >= 0.3 is 5.97 Å². The van der Waals surface area contributed by atoms with Crippen LogP contribution in [0.5, 0.6) is 11.5 Å². The van der Waals surface area contributed by atoms with Crippen molar-refractivity contribution in [1.29, 1.82) is 0 Å². The van der Waals surface area contributed by atoms with Gasteiger partial charge in [0.15, 0.2) is 0 Å². The Morgan fingerprint density at radius 1 is 0.931 bits per heavy atom. The Balaban J connectivity index is 1.84. The van der Waals surface area contributed by atoms with E-state index in [1.165, 1.54) is 0 Å². The summed E-state index contributed by atoms with van der Waals surface area (Å²) in [5.41, 5.74) is 3.74. The maximum atomic E-state index is 11.4. The van der Waals surface area contributed by atoms with Crippen LogP contribution in [0.15, 0.2) is 66.7 Å². The maximum absolute atomic E-state index is 11.4. The number of rotatable bonds is 6. The van der Waals surface area contributed by atoms with Gasteiger partial charge in [0, 0.05) is 12.1 Å². The topological polar surface area (TPSA) is 73.6 Å². The first kappa shape index (κ1) is 18.6. The summed E-state index contributed by atoms with van der Waals surface area (Å²) in [7, 11) is 3.27. The van der Waals surface area contributed by atoms with Crippen molar-refractivity contribution in [3.05, 3.63) is 77.9 Å². The molecule has 1 aromatic heterocycles. The molecule has 6 nitrogen and oxygen atoms in total. The van der Waals surface area contributed by atoms with Gasteiger partial charge in [-0.25, -0.2) is 9.78 Å². The fourth-order valence-electron chi connectivity index (χ4n) is 3.30. The molecular weight excluding hydrogens is 368 g/mol. The van der Waals surface area contributed by atoms with E-state index in [0.29, 0.717) is 12.1 Å². The van der Waals surface area contributed by atoms with Crippen molar-refractivity contribution >= 4 is 17.0 Å². The highest BCUT2D eigenvalue weighted by molar-refractivity contribution is 5.93. The van der Waals surface area contributed by atoms with E-state index in [9.17, 15) is 9.90 Å². The molecule has 0 aliphatic heterocycles. The number of nitrogens with zero attached hydrogens (tertiary/aromatic N) is 2. The molecule has 4 rings (SSSR count). The van der Waals surface area contributed by atoms with Crippen LogP contribution in [0.25, 0.3) is 22.4 Å². The minimum Gasteiger partial charge on any atom is -0.497 e. The fourth-order valence-corrected chi connectivity index (χ4v) is 3.30. The third kappa shape index (κ3) is 3.65. The summed E-state index contributed by atoms with van der Waals surface area (Å²) in [6.07, 6.45) is 0. The minimum absolute atomic E-state index is 0.216. The molecule has 0 bridgehead atoms. The van der Waals surface area contributed by atoms with Gasteiger partial charge in [-0.3, -0.25) is 0 Å². The van der Waals surface area contributed by atoms with Crippen LogP contribution in [0.3, 0.4) is 0 Å². The highest BCUT2D eigenvalue weighted by Gasteiger charge is 2.15. The van der Waals surface area contributed by atoms with Crippen LogP contribution in [0.1, 0.15) is 15.9 Å². The number of hydrogen-bond donors (Lipinski definition) is 1. The second-order valence-electron chi connectivity index (χ2n) is 6.61. The first-order valence-electron chi connectivity index (χ1n) is 9.10. The number of benzene rings is 3. The number of imidazole rings is 1. The molecule has 0 unspecified atom stereocenters. The molecule has 0 atom stereocenters. The van der Waals surface area contributed by atoms with Gasteiger partial charge in [-0.1, -0.05) is 12.1 Å². The lowest BCUT2D eigenvalue weighted by molar-refractivity contribution is 0.0697. The normalized spacial score (nSPS) is 10.8. The van der Waals surface area contributed by atoms with E-state index in [1.807, 2.05) is 54.6 Å². The van der Waals surface area contributed by atoms with Crippen LogP contribution < -0.4 is 9.47 Å². The van der Waals surface area contributed by atoms with Crippen LogP contribution in [0, 0.1) is 0 Å². The number of hydrogen-bond acceptors (Lipinski definition) is 4. The second kappa shape index (κ2) is 7.67. The first-order valence-corrected chi connectivity index (χ1v) is 9.10. The van der Waals surface area contributed by atoms with Gasteiger partial charge in [0.25, 0.3) is 0 Å². The lowest BCUT2D eigenvalue weighted by Crippen LogP contribution is -2.03. The van der Waals surface area contributed by atoms with E-state index in [1.54, 1.807) is 26.4 Å². The summed E-state index contributed by atoms with van der Waals surface area (Å²) in [6.45, 7) is 0.592. The summed E-state index contributed by atoms with van der Waals surface area (Å²) < 4.78 is 12.6. The number of aromatic nitrogens is 2. The molecule has 1 heterocycles. The molecule has 0 aliphatic carbocycles. The molecule has 6 heteroatoms. The molecule has 0 saturated heterocycles. The predicted molar refractivity (Wildman–Crippen MR) is 111 cm³/mol. The monoisotopic (exact) mass is 388 g/mol.